The van der Waals surface area contributed by atoms with Gasteiger partial charge in [0.1, 0.15) is 7.14 Å². The molecule has 38 heavy (non-hydrogen) atoms. The summed E-state index contributed by atoms with van der Waals surface area (Å²) in [5, 5.41) is 14.2. The van der Waals surface area contributed by atoms with E-state index < -0.39 is 18.9 Å². The standard InChI is InChI=1S/C26H25F3N7OP/c1-38(2,37)20-11-9-19(10-12-20)30-24-31-22(13-6-16-4-3-5-18(14-16)26(27,28)29)32-25(34-24)33-23-15-21(35-36-23)17-7-8-17/h3-6,9-15,17H,7-8H2,1-2H3,(H3,30,31,32,33,34,35,36)/b13-6+. The molecule has 2 aromatic heterocycles. The Balaban J connectivity index is 1.43. The van der Waals surface area contributed by atoms with Crippen LogP contribution in [0.25, 0.3) is 12.2 Å². The molecule has 0 bridgehead atoms. The highest BCUT2D eigenvalue weighted by molar-refractivity contribution is 7.70. The van der Waals surface area contributed by atoms with Gasteiger partial charge >= 0.3 is 6.18 Å². The number of hydrogen-bond donors (Lipinski definition) is 3. The zero-order valence-corrected chi connectivity index (χ0v) is 21.5. The summed E-state index contributed by atoms with van der Waals surface area (Å²) in [6.45, 7) is 3.40. The van der Waals surface area contributed by atoms with Crippen molar-refractivity contribution in [3.05, 3.63) is 77.2 Å². The van der Waals surface area contributed by atoms with Gasteiger partial charge in [0, 0.05) is 28.7 Å². The highest BCUT2D eigenvalue weighted by Crippen LogP contribution is 2.39. The number of H-pyrrole nitrogens is 1. The van der Waals surface area contributed by atoms with Gasteiger partial charge in [-0.3, -0.25) is 5.10 Å². The molecule has 0 radical (unpaired) electrons. The third-order valence-electron chi connectivity index (χ3n) is 5.89. The highest BCUT2D eigenvalue weighted by atomic mass is 31.2. The van der Waals surface area contributed by atoms with E-state index >= 15 is 0 Å². The molecule has 2 heterocycles. The second-order valence-corrected chi connectivity index (χ2v) is 12.6. The molecule has 0 saturated heterocycles. The van der Waals surface area contributed by atoms with Gasteiger partial charge < -0.3 is 15.2 Å². The van der Waals surface area contributed by atoms with Crippen LogP contribution in [0.2, 0.25) is 0 Å². The van der Waals surface area contributed by atoms with E-state index in [2.05, 4.69) is 35.8 Å². The molecular formula is C26H25F3N7OP. The lowest BCUT2D eigenvalue weighted by Crippen LogP contribution is -2.07. The minimum Gasteiger partial charge on any atom is -0.324 e. The van der Waals surface area contributed by atoms with Crippen molar-refractivity contribution in [3.63, 3.8) is 0 Å². The second-order valence-electron chi connectivity index (χ2n) is 9.43. The summed E-state index contributed by atoms with van der Waals surface area (Å²) in [6, 6.07) is 14.0. The van der Waals surface area contributed by atoms with Crippen molar-refractivity contribution in [2.45, 2.75) is 24.9 Å². The van der Waals surface area contributed by atoms with Crippen LogP contribution in [0.5, 0.6) is 0 Å². The van der Waals surface area contributed by atoms with Gasteiger partial charge in [0.25, 0.3) is 0 Å². The van der Waals surface area contributed by atoms with Crippen LogP contribution in [0.3, 0.4) is 0 Å². The third-order valence-corrected chi connectivity index (χ3v) is 7.43. The smallest absolute Gasteiger partial charge is 0.324 e. The molecule has 4 aromatic rings. The molecule has 5 rings (SSSR count). The molecule has 1 aliphatic rings. The van der Waals surface area contributed by atoms with E-state index in [0.717, 1.165) is 36.0 Å². The van der Waals surface area contributed by atoms with Crippen LogP contribution in [-0.4, -0.2) is 38.5 Å². The Hall–Kier alpha value is -3.98. The van der Waals surface area contributed by atoms with Crippen molar-refractivity contribution in [2.75, 3.05) is 24.0 Å². The number of aromatic amines is 1. The number of rotatable bonds is 8. The normalized spacial score (nSPS) is 14.1. The van der Waals surface area contributed by atoms with Gasteiger partial charge in [0.15, 0.2) is 11.6 Å². The molecule has 3 N–H and O–H groups in total. The molecule has 0 unspecified atom stereocenters. The average molecular weight is 540 g/mol. The minimum absolute atomic E-state index is 0.211. The summed E-state index contributed by atoms with van der Waals surface area (Å²) in [5.74, 6) is 1.69. The maximum Gasteiger partial charge on any atom is 0.416 e. The summed E-state index contributed by atoms with van der Waals surface area (Å²) < 4.78 is 51.6. The molecule has 8 nitrogen and oxygen atoms in total. The molecule has 0 amide bonds. The molecule has 0 spiro atoms. The Labute approximate surface area is 217 Å². The Morgan fingerprint density at radius 3 is 2.32 bits per heavy atom. The third kappa shape index (κ3) is 6.47. The molecule has 1 aliphatic carbocycles. The van der Waals surface area contributed by atoms with Gasteiger partial charge in [-0.15, -0.1) is 0 Å². The van der Waals surface area contributed by atoms with Gasteiger partial charge in [0.2, 0.25) is 11.9 Å². The first-order chi connectivity index (χ1) is 18.0. The summed E-state index contributed by atoms with van der Waals surface area (Å²) in [7, 11) is -2.40. The fourth-order valence-electron chi connectivity index (χ4n) is 3.72. The molecule has 2 aromatic carbocycles. The Morgan fingerprint density at radius 2 is 1.66 bits per heavy atom. The van der Waals surface area contributed by atoms with E-state index in [1.807, 2.05) is 6.07 Å². The van der Waals surface area contributed by atoms with Gasteiger partial charge in [-0.1, -0.05) is 18.2 Å². The molecule has 1 saturated carbocycles. The first-order valence-corrected chi connectivity index (χ1v) is 14.5. The van der Waals surface area contributed by atoms with Crippen LogP contribution in [0.15, 0.2) is 54.6 Å². The average Bonchev–Trinajstić information content (AvgIpc) is 3.61. The SMILES string of the molecule is CP(C)(=O)c1ccc(Nc2nc(/C=C/c3cccc(C(F)(F)F)c3)nc(Nc3cc(C4CC4)[nH]n3)n2)cc1. The van der Waals surface area contributed by atoms with Gasteiger partial charge in [-0.05, 0) is 74.2 Å². The van der Waals surface area contributed by atoms with Crippen LogP contribution >= 0.6 is 7.14 Å². The van der Waals surface area contributed by atoms with E-state index in [4.69, 9.17) is 0 Å². The summed E-state index contributed by atoms with van der Waals surface area (Å²) >= 11 is 0. The van der Waals surface area contributed by atoms with Crippen molar-refractivity contribution < 1.29 is 17.7 Å². The lowest BCUT2D eigenvalue weighted by Gasteiger charge is -2.10. The highest BCUT2D eigenvalue weighted by Gasteiger charge is 2.30. The summed E-state index contributed by atoms with van der Waals surface area (Å²) in [4.78, 5) is 13.2. The number of alkyl halides is 3. The monoisotopic (exact) mass is 539 g/mol. The molecule has 196 valence electrons. The number of benzene rings is 2. The summed E-state index contributed by atoms with van der Waals surface area (Å²) in [6.07, 6.45) is 0.827. The first kappa shape index (κ1) is 25.7. The van der Waals surface area contributed by atoms with Crippen molar-refractivity contribution >= 4 is 48.0 Å². The minimum atomic E-state index is -4.44. The molecular weight excluding hydrogens is 514 g/mol. The summed E-state index contributed by atoms with van der Waals surface area (Å²) in [5.41, 5.74) is 1.32. The fourth-order valence-corrected chi connectivity index (χ4v) is 4.59. The van der Waals surface area contributed by atoms with Crippen LogP contribution in [-0.2, 0) is 10.7 Å². The topological polar surface area (TPSA) is 108 Å². The zero-order chi connectivity index (χ0) is 26.9. The predicted molar refractivity (Wildman–Crippen MR) is 143 cm³/mol. The maximum atomic E-state index is 13.1. The van der Waals surface area contributed by atoms with Crippen LogP contribution in [0.4, 0.5) is 36.6 Å². The Kier molecular flexibility index (Phi) is 6.79. The van der Waals surface area contributed by atoms with Gasteiger partial charge in [-0.25, -0.2) is 0 Å². The Morgan fingerprint density at radius 1 is 0.947 bits per heavy atom. The number of hydrogen-bond acceptors (Lipinski definition) is 7. The number of nitrogens with zero attached hydrogens (tertiary/aromatic N) is 4. The maximum absolute atomic E-state index is 13.1. The van der Waals surface area contributed by atoms with Gasteiger partial charge in [0.05, 0.1) is 5.56 Å². The number of anilines is 4. The van der Waals surface area contributed by atoms with Crippen LogP contribution in [0.1, 0.15) is 41.4 Å². The Bertz CT molecular complexity index is 1520. The fraction of sp³-hybridized carbons (Fsp3) is 0.231. The van der Waals surface area contributed by atoms with E-state index in [1.54, 1.807) is 43.7 Å². The molecule has 1 fully saturated rings. The van der Waals surface area contributed by atoms with E-state index in [0.29, 0.717) is 23.0 Å². The van der Waals surface area contributed by atoms with Crippen molar-refractivity contribution in [3.8, 4) is 0 Å². The second kappa shape index (κ2) is 10.1. The van der Waals surface area contributed by atoms with Gasteiger partial charge in [-0.2, -0.15) is 33.2 Å². The molecule has 12 heteroatoms. The van der Waals surface area contributed by atoms with Crippen molar-refractivity contribution in [1.29, 1.82) is 0 Å². The quantitative estimate of drug-likeness (QED) is 0.223. The zero-order valence-electron chi connectivity index (χ0n) is 20.6. The first-order valence-electron chi connectivity index (χ1n) is 11.9. The largest absolute Gasteiger partial charge is 0.416 e. The predicted octanol–water partition coefficient (Wildman–Crippen LogP) is 6.40. The van der Waals surface area contributed by atoms with E-state index in [9.17, 15) is 17.7 Å². The van der Waals surface area contributed by atoms with Crippen molar-refractivity contribution in [1.82, 2.24) is 25.1 Å². The molecule has 0 atom stereocenters. The van der Waals surface area contributed by atoms with Crippen molar-refractivity contribution in [2.24, 2.45) is 0 Å². The number of halogens is 3. The van der Waals surface area contributed by atoms with E-state index in [1.165, 1.54) is 18.2 Å². The van der Waals surface area contributed by atoms with Crippen LogP contribution in [0, 0.1) is 0 Å². The lowest BCUT2D eigenvalue weighted by atomic mass is 10.1. The van der Waals surface area contributed by atoms with Crippen LogP contribution < -0.4 is 15.9 Å². The van der Waals surface area contributed by atoms with E-state index in [-0.39, 0.29) is 17.7 Å². The number of aromatic nitrogens is 5. The lowest BCUT2D eigenvalue weighted by molar-refractivity contribution is -0.137. The molecule has 0 aliphatic heterocycles. The number of nitrogens with one attached hydrogen (secondary N) is 3.